The Morgan fingerprint density at radius 2 is 2.18 bits per heavy atom. The van der Waals surface area contributed by atoms with Crippen LogP contribution < -0.4 is 5.73 Å². The maximum atomic E-state index is 13.0. The van der Waals surface area contributed by atoms with Gasteiger partial charge in [-0.1, -0.05) is 0 Å². The van der Waals surface area contributed by atoms with Gasteiger partial charge in [-0.15, -0.1) is 0 Å². The van der Waals surface area contributed by atoms with Gasteiger partial charge in [-0.25, -0.2) is 9.37 Å². The lowest BCUT2D eigenvalue weighted by Crippen LogP contribution is -2.23. The summed E-state index contributed by atoms with van der Waals surface area (Å²) in [5.74, 6) is -1.06. The molecule has 1 saturated carbocycles. The first kappa shape index (κ1) is 14.7. The van der Waals surface area contributed by atoms with E-state index >= 15 is 0 Å². The molecule has 5 nitrogen and oxygen atoms in total. The molecule has 6 heteroatoms. The van der Waals surface area contributed by atoms with Crippen LogP contribution >= 0.6 is 0 Å². The van der Waals surface area contributed by atoms with E-state index in [0.717, 1.165) is 18.5 Å². The average molecular weight is 303 g/mol. The smallest absolute Gasteiger partial charge is 0.316 e. The Labute approximate surface area is 127 Å². The first-order valence-corrected chi connectivity index (χ1v) is 7.32. The number of hydrogen-bond donors (Lipinski definition) is 2. The van der Waals surface area contributed by atoms with Crippen molar-refractivity contribution in [2.24, 2.45) is 11.7 Å². The molecule has 0 saturated heterocycles. The predicted octanol–water partition coefficient (Wildman–Crippen LogP) is 2.09. The fourth-order valence-corrected chi connectivity index (χ4v) is 3.04. The Morgan fingerprint density at radius 3 is 2.82 bits per heavy atom. The number of carboxylic acid groups (broad SMARTS) is 1. The summed E-state index contributed by atoms with van der Waals surface area (Å²) in [6, 6.07) is 5.99. The lowest BCUT2D eigenvalue weighted by molar-refractivity contribution is -0.140. The lowest BCUT2D eigenvalue weighted by Gasteiger charge is -2.09. The van der Waals surface area contributed by atoms with Gasteiger partial charge in [0.05, 0.1) is 12.0 Å². The Kier molecular flexibility index (Phi) is 3.70. The molecule has 0 amide bonds. The molecule has 2 atom stereocenters. The zero-order chi connectivity index (χ0) is 15.7. The van der Waals surface area contributed by atoms with E-state index in [1.807, 2.05) is 0 Å². The molecule has 0 radical (unpaired) electrons. The molecular weight excluding hydrogens is 285 g/mol. The van der Waals surface area contributed by atoms with Gasteiger partial charge in [0.2, 0.25) is 0 Å². The highest BCUT2D eigenvalue weighted by atomic mass is 19.1. The molecule has 1 heterocycles. The monoisotopic (exact) mass is 303 g/mol. The van der Waals surface area contributed by atoms with Crippen molar-refractivity contribution in [3.63, 3.8) is 0 Å². The minimum atomic E-state index is -0.888. The number of aromatic nitrogens is 2. The second-order valence-electron chi connectivity index (χ2n) is 5.75. The summed E-state index contributed by atoms with van der Waals surface area (Å²) in [7, 11) is 0. The molecule has 3 N–H and O–H groups in total. The number of nitrogens with two attached hydrogens (primary N) is 1. The number of carboxylic acids is 1. The number of imidazole rings is 1. The van der Waals surface area contributed by atoms with E-state index in [4.69, 9.17) is 5.73 Å². The number of carbonyl (C=O) groups is 1. The van der Waals surface area contributed by atoms with Crippen LogP contribution in [0.25, 0.3) is 5.69 Å². The van der Waals surface area contributed by atoms with E-state index in [9.17, 15) is 14.3 Å². The number of rotatable bonds is 6. The van der Waals surface area contributed by atoms with E-state index in [2.05, 4.69) is 4.98 Å². The minimum Gasteiger partial charge on any atom is -0.481 e. The molecule has 0 aliphatic heterocycles. The van der Waals surface area contributed by atoms with Crippen LogP contribution in [0, 0.1) is 11.7 Å². The molecule has 1 aromatic heterocycles. The third-order valence-corrected chi connectivity index (χ3v) is 4.41. The third-order valence-electron chi connectivity index (χ3n) is 4.41. The van der Waals surface area contributed by atoms with Crippen molar-refractivity contribution >= 4 is 5.97 Å². The van der Waals surface area contributed by atoms with Gasteiger partial charge in [0.1, 0.15) is 11.2 Å². The molecule has 1 fully saturated rings. The molecule has 0 bridgehead atoms. The second kappa shape index (κ2) is 5.53. The summed E-state index contributed by atoms with van der Waals surface area (Å²) >= 11 is 0. The highest BCUT2D eigenvalue weighted by Gasteiger charge is 2.62. The van der Waals surface area contributed by atoms with Crippen LogP contribution in [0.4, 0.5) is 4.39 Å². The molecule has 3 rings (SSSR count). The van der Waals surface area contributed by atoms with Crippen LogP contribution in [0.3, 0.4) is 0 Å². The van der Waals surface area contributed by atoms with Crippen molar-refractivity contribution < 1.29 is 14.3 Å². The van der Waals surface area contributed by atoms with E-state index in [1.54, 1.807) is 29.2 Å². The Balaban J connectivity index is 1.86. The first-order chi connectivity index (χ1) is 10.6. The number of benzene rings is 1. The fraction of sp³-hybridized carbons (Fsp3) is 0.375. The first-order valence-electron chi connectivity index (χ1n) is 7.32. The molecule has 0 spiro atoms. The normalized spacial score (nSPS) is 23.5. The number of hydrogen-bond acceptors (Lipinski definition) is 3. The standard InChI is InChI=1S/C16H18FN3O2/c17-12-3-5-13(6-4-12)20-9-14(19-10-20)16(15(21)22)8-11(16)2-1-7-18/h3-6,9-11H,1-2,7-8,18H2,(H,21,22)/t11-,16+/m0/s1. The van der Waals surface area contributed by atoms with Gasteiger partial charge in [0, 0.05) is 11.9 Å². The van der Waals surface area contributed by atoms with E-state index in [0.29, 0.717) is 18.7 Å². The summed E-state index contributed by atoms with van der Waals surface area (Å²) in [5.41, 5.74) is 5.93. The topological polar surface area (TPSA) is 81.1 Å². The molecule has 1 aromatic carbocycles. The molecule has 1 aliphatic carbocycles. The highest BCUT2D eigenvalue weighted by Crippen LogP contribution is 2.56. The molecular formula is C16H18FN3O2. The van der Waals surface area contributed by atoms with Crippen LogP contribution in [0.15, 0.2) is 36.8 Å². The van der Waals surface area contributed by atoms with Crippen molar-refractivity contribution in [3.05, 3.63) is 48.3 Å². The molecule has 2 aromatic rings. The minimum absolute atomic E-state index is 0.0881. The average Bonchev–Trinajstić information content (AvgIpc) is 3.04. The van der Waals surface area contributed by atoms with Crippen molar-refractivity contribution in [3.8, 4) is 5.69 Å². The summed E-state index contributed by atoms with van der Waals surface area (Å²) in [6.07, 6.45) is 5.52. The number of aliphatic carboxylic acids is 1. The summed E-state index contributed by atoms with van der Waals surface area (Å²) in [5, 5.41) is 9.61. The zero-order valence-corrected chi connectivity index (χ0v) is 12.1. The van der Waals surface area contributed by atoms with Crippen molar-refractivity contribution in [1.29, 1.82) is 0 Å². The molecule has 0 unspecified atom stereocenters. The third kappa shape index (κ3) is 2.39. The molecule has 1 aliphatic rings. The SMILES string of the molecule is NCCC[C@H]1C[C@]1(C(=O)O)c1cn(-c2ccc(F)cc2)cn1. The number of halogens is 1. The summed E-state index contributed by atoms with van der Waals surface area (Å²) in [4.78, 5) is 16.0. The predicted molar refractivity (Wildman–Crippen MR) is 79.2 cm³/mol. The fourth-order valence-electron chi connectivity index (χ4n) is 3.04. The van der Waals surface area contributed by atoms with Gasteiger partial charge in [0.15, 0.2) is 0 Å². The quantitative estimate of drug-likeness (QED) is 0.856. The van der Waals surface area contributed by atoms with Gasteiger partial charge < -0.3 is 15.4 Å². The van der Waals surface area contributed by atoms with Gasteiger partial charge in [-0.2, -0.15) is 0 Å². The highest BCUT2D eigenvalue weighted by molar-refractivity contribution is 5.85. The molecule has 22 heavy (non-hydrogen) atoms. The van der Waals surface area contributed by atoms with Crippen molar-refractivity contribution in [2.45, 2.75) is 24.7 Å². The zero-order valence-electron chi connectivity index (χ0n) is 12.1. The Morgan fingerprint density at radius 1 is 1.45 bits per heavy atom. The maximum absolute atomic E-state index is 13.0. The Bertz CT molecular complexity index is 683. The van der Waals surface area contributed by atoms with Crippen LogP contribution in [0.2, 0.25) is 0 Å². The van der Waals surface area contributed by atoms with Crippen molar-refractivity contribution in [1.82, 2.24) is 9.55 Å². The maximum Gasteiger partial charge on any atom is 0.316 e. The van der Waals surface area contributed by atoms with Crippen LogP contribution in [-0.2, 0) is 10.2 Å². The van der Waals surface area contributed by atoms with Crippen LogP contribution in [0.1, 0.15) is 25.0 Å². The lowest BCUT2D eigenvalue weighted by atomic mass is 9.98. The van der Waals surface area contributed by atoms with Gasteiger partial charge in [-0.3, -0.25) is 4.79 Å². The largest absolute Gasteiger partial charge is 0.481 e. The van der Waals surface area contributed by atoms with Crippen molar-refractivity contribution in [2.75, 3.05) is 6.54 Å². The van der Waals surface area contributed by atoms with Crippen LogP contribution in [-0.4, -0.2) is 27.2 Å². The van der Waals surface area contributed by atoms with E-state index < -0.39 is 11.4 Å². The van der Waals surface area contributed by atoms with Gasteiger partial charge in [0.25, 0.3) is 0 Å². The van der Waals surface area contributed by atoms with Gasteiger partial charge >= 0.3 is 5.97 Å². The number of nitrogens with zero attached hydrogens (tertiary/aromatic N) is 2. The van der Waals surface area contributed by atoms with E-state index in [-0.39, 0.29) is 11.7 Å². The van der Waals surface area contributed by atoms with Gasteiger partial charge in [-0.05, 0) is 56.0 Å². The Hall–Kier alpha value is -2.21. The summed E-state index contributed by atoms with van der Waals surface area (Å²) < 4.78 is 14.7. The summed E-state index contributed by atoms with van der Waals surface area (Å²) in [6.45, 7) is 0.566. The molecule has 116 valence electrons. The van der Waals surface area contributed by atoms with Crippen LogP contribution in [0.5, 0.6) is 0 Å². The van der Waals surface area contributed by atoms with E-state index in [1.165, 1.54) is 12.1 Å². The second-order valence-corrected chi connectivity index (χ2v) is 5.75.